The van der Waals surface area contributed by atoms with Gasteiger partial charge in [-0.2, -0.15) is 0 Å². The number of benzene rings is 1. The summed E-state index contributed by atoms with van der Waals surface area (Å²) in [6.07, 6.45) is 3.89. The van der Waals surface area contributed by atoms with Crippen molar-refractivity contribution >= 4 is 23.4 Å². The Morgan fingerprint density at radius 3 is 2.39 bits per heavy atom. The molecule has 150 valence electrons. The molecular formula is C22H28ClN3O2. The van der Waals surface area contributed by atoms with E-state index in [2.05, 4.69) is 13.8 Å². The molecule has 0 unspecified atom stereocenters. The molecule has 0 atom stereocenters. The highest BCUT2D eigenvalue weighted by molar-refractivity contribution is 6.30. The van der Waals surface area contributed by atoms with Crippen molar-refractivity contribution in [2.24, 2.45) is 13.0 Å². The molecule has 0 N–H and O–H groups in total. The van der Waals surface area contributed by atoms with Gasteiger partial charge in [0.2, 0.25) is 5.91 Å². The van der Waals surface area contributed by atoms with E-state index in [1.165, 1.54) is 0 Å². The highest BCUT2D eigenvalue weighted by atomic mass is 35.5. The number of rotatable bonds is 8. The van der Waals surface area contributed by atoms with Crippen LogP contribution >= 0.6 is 11.6 Å². The number of aromatic nitrogens is 1. The van der Waals surface area contributed by atoms with Gasteiger partial charge < -0.3 is 14.4 Å². The van der Waals surface area contributed by atoms with Crippen molar-refractivity contribution in [3.05, 3.63) is 58.9 Å². The Labute approximate surface area is 171 Å². The molecule has 6 heteroatoms. The van der Waals surface area contributed by atoms with Crippen LogP contribution in [-0.4, -0.2) is 45.3 Å². The summed E-state index contributed by atoms with van der Waals surface area (Å²) in [6.45, 7) is 5.53. The lowest BCUT2D eigenvalue weighted by Crippen LogP contribution is -2.45. The number of amides is 2. The molecule has 0 spiro atoms. The minimum absolute atomic E-state index is 0.0101. The van der Waals surface area contributed by atoms with Gasteiger partial charge in [-0.15, -0.1) is 0 Å². The number of carbonyl (C=O) groups excluding carboxylic acids is 2. The number of nitrogens with zero attached hydrogens (tertiary/aromatic N) is 3. The first kappa shape index (κ1) is 20.5. The second kappa shape index (κ2) is 8.82. The van der Waals surface area contributed by atoms with E-state index in [1.54, 1.807) is 29.2 Å². The molecule has 28 heavy (non-hydrogen) atoms. The Balaban J connectivity index is 1.74. The summed E-state index contributed by atoms with van der Waals surface area (Å²) in [5, 5.41) is 0.594. The molecule has 1 fully saturated rings. The molecule has 0 bridgehead atoms. The molecule has 5 nitrogen and oxygen atoms in total. The summed E-state index contributed by atoms with van der Waals surface area (Å²) in [5.41, 5.74) is 1.65. The Morgan fingerprint density at radius 1 is 1.18 bits per heavy atom. The van der Waals surface area contributed by atoms with Gasteiger partial charge in [0.15, 0.2) is 0 Å². The lowest BCUT2D eigenvalue weighted by atomic mass is 10.1. The van der Waals surface area contributed by atoms with Crippen molar-refractivity contribution in [3.63, 3.8) is 0 Å². The molecule has 2 aromatic rings. The third-order valence-corrected chi connectivity index (χ3v) is 5.24. The first-order valence-electron chi connectivity index (χ1n) is 9.79. The monoisotopic (exact) mass is 401 g/mol. The van der Waals surface area contributed by atoms with Crippen LogP contribution in [0.2, 0.25) is 5.02 Å². The van der Waals surface area contributed by atoms with E-state index in [4.69, 9.17) is 11.6 Å². The van der Waals surface area contributed by atoms with Crippen LogP contribution in [0.15, 0.2) is 42.6 Å². The van der Waals surface area contributed by atoms with Crippen molar-refractivity contribution in [2.45, 2.75) is 39.3 Å². The Morgan fingerprint density at radius 2 is 1.86 bits per heavy atom. The van der Waals surface area contributed by atoms with Gasteiger partial charge in [0.1, 0.15) is 6.54 Å². The normalized spacial score (nSPS) is 13.6. The lowest BCUT2D eigenvalue weighted by Gasteiger charge is -2.29. The van der Waals surface area contributed by atoms with Crippen LogP contribution in [0.4, 0.5) is 0 Å². The van der Waals surface area contributed by atoms with Gasteiger partial charge in [-0.05, 0) is 55.2 Å². The lowest BCUT2D eigenvalue weighted by molar-refractivity contribution is -0.133. The largest absolute Gasteiger partial charge is 0.353 e. The van der Waals surface area contributed by atoms with Gasteiger partial charge >= 0.3 is 0 Å². The summed E-state index contributed by atoms with van der Waals surface area (Å²) in [5.74, 6) is 0.241. The van der Waals surface area contributed by atoms with E-state index in [9.17, 15) is 9.59 Å². The zero-order valence-corrected chi connectivity index (χ0v) is 17.5. The van der Waals surface area contributed by atoms with Gasteiger partial charge in [0, 0.05) is 42.1 Å². The first-order valence-corrected chi connectivity index (χ1v) is 10.2. The zero-order valence-electron chi connectivity index (χ0n) is 16.8. The van der Waals surface area contributed by atoms with Crippen LogP contribution < -0.4 is 0 Å². The minimum Gasteiger partial charge on any atom is -0.353 e. The smallest absolute Gasteiger partial charge is 0.254 e. The SMILES string of the molecule is CC(C)CN(Cc1cccn1C)C(=O)CN(C(=O)c1ccc(Cl)cc1)C1CC1. The van der Waals surface area contributed by atoms with Gasteiger partial charge in [0.05, 0.1) is 6.54 Å². The van der Waals surface area contributed by atoms with Gasteiger partial charge in [0.25, 0.3) is 5.91 Å². The number of hydrogen-bond donors (Lipinski definition) is 0. The molecule has 0 radical (unpaired) electrons. The quantitative estimate of drug-likeness (QED) is 0.671. The van der Waals surface area contributed by atoms with Crippen molar-refractivity contribution in [1.29, 1.82) is 0 Å². The summed E-state index contributed by atoms with van der Waals surface area (Å²) in [7, 11) is 1.98. The molecular weight excluding hydrogens is 374 g/mol. The Kier molecular flexibility index (Phi) is 6.45. The summed E-state index contributed by atoms with van der Waals surface area (Å²) in [4.78, 5) is 29.7. The van der Waals surface area contributed by atoms with E-state index in [1.807, 2.05) is 34.8 Å². The predicted octanol–water partition coefficient (Wildman–Crippen LogP) is 3.97. The third-order valence-electron chi connectivity index (χ3n) is 4.99. The second-order valence-electron chi connectivity index (χ2n) is 7.95. The highest BCUT2D eigenvalue weighted by Crippen LogP contribution is 2.28. The number of carbonyl (C=O) groups is 2. The number of aryl methyl sites for hydroxylation is 1. The van der Waals surface area contributed by atoms with Crippen LogP contribution in [0.1, 0.15) is 42.7 Å². The predicted molar refractivity (Wildman–Crippen MR) is 111 cm³/mol. The van der Waals surface area contributed by atoms with E-state index in [0.29, 0.717) is 29.6 Å². The fourth-order valence-electron chi connectivity index (χ4n) is 3.31. The Hall–Kier alpha value is -2.27. The molecule has 0 saturated heterocycles. The molecule has 1 aromatic heterocycles. The zero-order chi connectivity index (χ0) is 20.3. The third kappa shape index (κ3) is 5.16. The van der Waals surface area contributed by atoms with Crippen LogP contribution in [0.3, 0.4) is 0 Å². The van der Waals surface area contributed by atoms with Crippen LogP contribution in [0.25, 0.3) is 0 Å². The van der Waals surface area contributed by atoms with Crippen LogP contribution in [0.5, 0.6) is 0 Å². The fourth-order valence-corrected chi connectivity index (χ4v) is 3.43. The highest BCUT2D eigenvalue weighted by Gasteiger charge is 2.35. The standard InChI is InChI=1S/C22H28ClN3O2/c1-16(2)13-25(14-20-5-4-12-24(20)3)21(27)15-26(19-10-11-19)22(28)17-6-8-18(23)9-7-17/h4-9,12,16,19H,10-11,13-15H2,1-3H3. The van der Waals surface area contributed by atoms with Gasteiger partial charge in [-0.1, -0.05) is 25.4 Å². The minimum atomic E-state index is -0.101. The topological polar surface area (TPSA) is 45.6 Å². The molecule has 2 amide bonds. The first-order chi connectivity index (χ1) is 13.3. The maximum atomic E-state index is 13.2. The molecule has 0 aliphatic heterocycles. The van der Waals surface area contributed by atoms with E-state index >= 15 is 0 Å². The summed E-state index contributed by atoms with van der Waals surface area (Å²) < 4.78 is 2.03. The van der Waals surface area contributed by atoms with Crippen molar-refractivity contribution in [2.75, 3.05) is 13.1 Å². The van der Waals surface area contributed by atoms with Crippen LogP contribution in [-0.2, 0) is 18.4 Å². The van der Waals surface area contributed by atoms with Gasteiger partial charge in [-0.25, -0.2) is 0 Å². The van der Waals surface area contributed by atoms with E-state index in [-0.39, 0.29) is 24.4 Å². The molecule has 1 aromatic carbocycles. The average molecular weight is 402 g/mol. The van der Waals surface area contributed by atoms with Crippen molar-refractivity contribution in [1.82, 2.24) is 14.4 Å². The number of hydrogen-bond acceptors (Lipinski definition) is 2. The molecule has 1 aliphatic carbocycles. The average Bonchev–Trinajstić information content (AvgIpc) is 3.41. The summed E-state index contributed by atoms with van der Waals surface area (Å²) >= 11 is 5.94. The summed E-state index contributed by atoms with van der Waals surface area (Å²) in [6, 6.07) is 11.0. The molecule has 1 aliphatic rings. The fraction of sp³-hybridized carbons (Fsp3) is 0.455. The van der Waals surface area contributed by atoms with Crippen molar-refractivity contribution < 1.29 is 9.59 Å². The van der Waals surface area contributed by atoms with Crippen molar-refractivity contribution in [3.8, 4) is 0 Å². The maximum absolute atomic E-state index is 13.2. The van der Waals surface area contributed by atoms with E-state index in [0.717, 1.165) is 18.5 Å². The second-order valence-corrected chi connectivity index (χ2v) is 8.39. The Bertz CT molecular complexity index is 825. The van der Waals surface area contributed by atoms with Gasteiger partial charge in [-0.3, -0.25) is 9.59 Å². The van der Waals surface area contributed by atoms with Crippen LogP contribution in [0, 0.1) is 5.92 Å². The maximum Gasteiger partial charge on any atom is 0.254 e. The number of halogens is 1. The van der Waals surface area contributed by atoms with E-state index < -0.39 is 0 Å². The molecule has 3 rings (SSSR count). The molecule has 1 heterocycles. The molecule has 1 saturated carbocycles.